The van der Waals surface area contributed by atoms with E-state index in [1.54, 1.807) is 4.90 Å². The van der Waals surface area contributed by atoms with Crippen LogP contribution in [0, 0.1) is 5.92 Å². The number of carbonyl (C=O) groups is 2. The molecule has 0 bridgehead atoms. The van der Waals surface area contributed by atoms with Crippen LogP contribution in [-0.2, 0) is 9.59 Å². The van der Waals surface area contributed by atoms with Crippen LogP contribution in [0.5, 0.6) is 11.5 Å². The lowest BCUT2D eigenvalue weighted by molar-refractivity contribution is -0.137. The second-order valence-electron chi connectivity index (χ2n) is 7.18. The number of fused-ring (bicyclic) bond motifs is 1. The normalized spacial score (nSPS) is 23.2. The summed E-state index contributed by atoms with van der Waals surface area (Å²) in [7, 11) is 1.89. The van der Waals surface area contributed by atoms with Gasteiger partial charge in [-0.3, -0.25) is 9.59 Å². The first-order valence-electron chi connectivity index (χ1n) is 9.10. The first-order valence-corrected chi connectivity index (χ1v) is 9.10. The Balaban J connectivity index is 1.45. The molecule has 6 heteroatoms. The molecular weight excluding hydrogens is 320 g/mol. The molecule has 2 amide bonds. The number of hydrogen-bond acceptors (Lipinski definition) is 4. The predicted molar refractivity (Wildman–Crippen MR) is 92.7 cm³/mol. The van der Waals surface area contributed by atoms with Crippen LogP contribution in [0.15, 0.2) is 18.2 Å². The lowest BCUT2D eigenvalue weighted by Gasteiger charge is -2.32. The van der Waals surface area contributed by atoms with Gasteiger partial charge in [0.15, 0.2) is 11.5 Å². The van der Waals surface area contributed by atoms with E-state index >= 15 is 0 Å². The summed E-state index contributed by atoms with van der Waals surface area (Å²) < 4.78 is 10.7. The molecule has 2 heterocycles. The van der Waals surface area contributed by atoms with Crippen LogP contribution in [0.25, 0.3) is 0 Å². The molecule has 1 aromatic carbocycles. The SMILES string of the molecule is CN(C(=O)C1CC(=O)N(c2ccc3c(c2)OCO3)C1)C1CCCCC1. The fourth-order valence-electron chi connectivity index (χ4n) is 4.11. The van der Waals surface area contributed by atoms with E-state index in [-0.39, 0.29) is 30.9 Å². The Morgan fingerprint density at radius 3 is 2.72 bits per heavy atom. The molecule has 0 aromatic heterocycles. The maximum absolute atomic E-state index is 12.9. The molecule has 1 aliphatic carbocycles. The van der Waals surface area contributed by atoms with Crippen LogP contribution >= 0.6 is 0 Å². The zero-order valence-electron chi connectivity index (χ0n) is 14.6. The second-order valence-corrected chi connectivity index (χ2v) is 7.18. The van der Waals surface area contributed by atoms with Gasteiger partial charge in [-0.1, -0.05) is 19.3 Å². The number of benzene rings is 1. The van der Waals surface area contributed by atoms with Crippen molar-refractivity contribution in [3.8, 4) is 11.5 Å². The van der Waals surface area contributed by atoms with Gasteiger partial charge in [-0.25, -0.2) is 0 Å². The smallest absolute Gasteiger partial charge is 0.231 e. The number of anilines is 1. The summed E-state index contributed by atoms with van der Waals surface area (Å²) >= 11 is 0. The minimum atomic E-state index is -0.259. The van der Waals surface area contributed by atoms with E-state index in [0.29, 0.717) is 24.1 Å². The average molecular weight is 344 g/mol. The fourth-order valence-corrected chi connectivity index (χ4v) is 4.11. The van der Waals surface area contributed by atoms with Gasteiger partial charge < -0.3 is 19.3 Å². The molecule has 4 rings (SSSR count). The first kappa shape index (κ1) is 16.2. The summed E-state index contributed by atoms with van der Waals surface area (Å²) in [5.41, 5.74) is 0.768. The maximum Gasteiger partial charge on any atom is 0.231 e. The fraction of sp³-hybridized carbons (Fsp3) is 0.579. The lowest BCUT2D eigenvalue weighted by Crippen LogP contribution is -2.42. The average Bonchev–Trinajstić information content (AvgIpc) is 3.26. The minimum Gasteiger partial charge on any atom is -0.454 e. The molecule has 0 spiro atoms. The van der Waals surface area contributed by atoms with Crippen molar-refractivity contribution < 1.29 is 19.1 Å². The Morgan fingerprint density at radius 1 is 1.16 bits per heavy atom. The predicted octanol–water partition coefficient (Wildman–Crippen LogP) is 2.56. The van der Waals surface area contributed by atoms with E-state index in [1.807, 2.05) is 30.1 Å². The Labute approximate surface area is 147 Å². The van der Waals surface area contributed by atoms with Crippen molar-refractivity contribution in [2.75, 3.05) is 25.3 Å². The molecule has 134 valence electrons. The highest BCUT2D eigenvalue weighted by molar-refractivity contribution is 6.00. The molecule has 1 saturated heterocycles. The van der Waals surface area contributed by atoms with Crippen molar-refractivity contribution in [3.63, 3.8) is 0 Å². The first-order chi connectivity index (χ1) is 12.1. The van der Waals surface area contributed by atoms with E-state index in [4.69, 9.17) is 9.47 Å². The molecule has 3 aliphatic rings. The van der Waals surface area contributed by atoms with Crippen LogP contribution in [0.1, 0.15) is 38.5 Å². The molecule has 1 saturated carbocycles. The van der Waals surface area contributed by atoms with E-state index in [2.05, 4.69) is 0 Å². The van der Waals surface area contributed by atoms with Crippen LogP contribution in [0.2, 0.25) is 0 Å². The lowest BCUT2D eigenvalue weighted by atomic mass is 9.93. The molecule has 2 aliphatic heterocycles. The number of rotatable bonds is 3. The van der Waals surface area contributed by atoms with Gasteiger partial charge in [0.05, 0.1) is 5.92 Å². The van der Waals surface area contributed by atoms with Gasteiger partial charge in [-0.05, 0) is 25.0 Å². The van der Waals surface area contributed by atoms with E-state index in [0.717, 1.165) is 18.5 Å². The summed E-state index contributed by atoms with van der Waals surface area (Å²) in [4.78, 5) is 28.9. The van der Waals surface area contributed by atoms with E-state index < -0.39 is 0 Å². The van der Waals surface area contributed by atoms with Gasteiger partial charge in [0.2, 0.25) is 18.6 Å². The van der Waals surface area contributed by atoms with Gasteiger partial charge in [0.25, 0.3) is 0 Å². The highest BCUT2D eigenvalue weighted by atomic mass is 16.7. The van der Waals surface area contributed by atoms with Crippen molar-refractivity contribution in [1.82, 2.24) is 4.90 Å². The standard InChI is InChI=1S/C19H24N2O4/c1-20(14-5-3-2-4-6-14)19(23)13-9-18(22)21(11-13)15-7-8-16-17(10-15)25-12-24-16/h7-8,10,13-14H,2-6,9,11-12H2,1H3. The van der Waals surface area contributed by atoms with Crippen molar-refractivity contribution in [2.24, 2.45) is 5.92 Å². The largest absolute Gasteiger partial charge is 0.454 e. The Bertz CT molecular complexity index is 684. The number of hydrogen-bond donors (Lipinski definition) is 0. The summed E-state index contributed by atoms with van der Waals surface area (Å²) in [6.45, 7) is 0.647. The van der Waals surface area contributed by atoms with E-state index in [9.17, 15) is 9.59 Å². The van der Waals surface area contributed by atoms with E-state index in [1.165, 1.54) is 19.3 Å². The summed E-state index contributed by atoms with van der Waals surface area (Å²) in [6, 6.07) is 5.81. The molecule has 0 radical (unpaired) electrons. The van der Waals surface area contributed by atoms with Gasteiger partial charge in [-0.2, -0.15) is 0 Å². The molecular formula is C19H24N2O4. The third-order valence-electron chi connectivity index (χ3n) is 5.61. The Morgan fingerprint density at radius 2 is 1.92 bits per heavy atom. The topological polar surface area (TPSA) is 59.1 Å². The second kappa shape index (κ2) is 6.58. The highest BCUT2D eigenvalue weighted by Crippen LogP contribution is 2.37. The van der Waals surface area contributed by atoms with Crippen molar-refractivity contribution in [3.05, 3.63) is 18.2 Å². The minimum absolute atomic E-state index is 0.00532. The molecule has 1 aromatic rings. The zero-order valence-corrected chi connectivity index (χ0v) is 14.6. The molecule has 1 atom stereocenters. The highest BCUT2D eigenvalue weighted by Gasteiger charge is 2.38. The van der Waals surface area contributed by atoms with Gasteiger partial charge >= 0.3 is 0 Å². The summed E-state index contributed by atoms with van der Waals surface area (Å²) in [5.74, 6) is 1.18. The van der Waals surface area contributed by atoms with Crippen LogP contribution < -0.4 is 14.4 Å². The Hall–Kier alpha value is -2.24. The third kappa shape index (κ3) is 3.05. The molecule has 0 N–H and O–H groups in total. The number of ether oxygens (including phenoxy) is 2. The molecule has 2 fully saturated rings. The van der Waals surface area contributed by atoms with Crippen molar-refractivity contribution >= 4 is 17.5 Å². The van der Waals surface area contributed by atoms with Crippen LogP contribution in [-0.4, -0.2) is 43.1 Å². The summed E-state index contributed by atoms with van der Waals surface area (Å²) in [5, 5.41) is 0. The van der Waals surface area contributed by atoms with Crippen LogP contribution in [0.4, 0.5) is 5.69 Å². The van der Waals surface area contributed by atoms with Gasteiger partial charge in [0.1, 0.15) is 0 Å². The molecule has 6 nitrogen and oxygen atoms in total. The van der Waals surface area contributed by atoms with Crippen LogP contribution in [0.3, 0.4) is 0 Å². The maximum atomic E-state index is 12.9. The quantitative estimate of drug-likeness (QED) is 0.846. The number of carbonyl (C=O) groups excluding carboxylic acids is 2. The Kier molecular flexibility index (Phi) is 4.27. The monoisotopic (exact) mass is 344 g/mol. The van der Waals surface area contributed by atoms with Crippen molar-refractivity contribution in [1.29, 1.82) is 0 Å². The molecule has 1 unspecified atom stereocenters. The number of nitrogens with zero attached hydrogens (tertiary/aromatic N) is 2. The molecule has 25 heavy (non-hydrogen) atoms. The third-order valence-corrected chi connectivity index (χ3v) is 5.61. The van der Waals surface area contributed by atoms with Gasteiger partial charge in [0, 0.05) is 37.8 Å². The van der Waals surface area contributed by atoms with Gasteiger partial charge in [-0.15, -0.1) is 0 Å². The van der Waals surface area contributed by atoms with Crippen molar-refractivity contribution in [2.45, 2.75) is 44.6 Å². The zero-order chi connectivity index (χ0) is 17.4. The number of amides is 2. The summed E-state index contributed by atoms with van der Waals surface area (Å²) in [6.07, 6.45) is 6.08.